The minimum absolute atomic E-state index is 0.0808. The Balaban J connectivity index is 1.74. The van der Waals surface area contributed by atoms with Gasteiger partial charge in [0.25, 0.3) is 5.56 Å². The smallest absolute Gasteiger partial charge is 0.257 e. The second-order valence-electron chi connectivity index (χ2n) is 6.19. The van der Waals surface area contributed by atoms with E-state index >= 15 is 0 Å². The van der Waals surface area contributed by atoms with Gasteiger partial charge in [-0.05, 0) is 54.5 Å². The topological polar surface area (TPSA) is 31.2 Å². The fraction of sp³-hybridized carbons (Fsp3) is 0.250. The average molecular weight is 305 g/mol. The van der Waals surface area contributed by atoms with Crippen LogP contribution in [-0.4, -0.2) is 4.57 Å². The molecule has 0 atom stereocenters. The second-order valence-corrected chi connectivity index (χ2v) is 6.19. The number of ether oxygens (including phenoxy) is 1. The molecule has 0 saturated carbocycles. The van der Waals surface area contributed by atoms with Crippen molar-refractivity contribution in [2.24, 2.45) is 0 Å². The molecule has 0 aliphatic carbocycles. The lowest BCUT2D eigenvalue weighted by Crippen LogP contribution is -2.28. The molecule has 0 N–H and O–H groups in total. The maximum atomic E-state index is 12.8. The highest BCUT2D eigenvalue weighted by Crippen LogP contribution is 2.24. The van der Waals surface area contributed by atoms with Crippen molar-refractivity contribution < 1.29 is 4.74 Å². The molecule has 3 nitrogen and oxygen atoms in total. The van der Waals surface area contributed by atoms with Crippen molar-refractivity contribution in [1.29, 1.82) is 0 Å². The van der Waals surface area contributed by atoms with Crippen LogP contribution in [0.15, 0.2) is 53.3 Å². The molecule has 3 aromatic rings. The number of pyridine rings is 1. The Kier molecular flexibility index (Phi) is 3.41. The molecular weight excluding hydrogens is 286 g/mol. The fourth-order valence-corrected chi connectivity index (χ4v) is 3.39. The molecule has 1 aliphatic rings. The van der Waals surface area contributed by atoms with E-state index in [-0.39, 0.29) is 5.56 Å². The van der Waals surface area contributed by atoms with E-state index in [1.54, 1.807) is 0 Å². The molecule has 0 fully saturated rings. The highest BCUT2D eigenvalue weighted by Gasteiger charge is 2.16. The molecular formula is C20H19NO2. The molecule has 0 unspecified atom stereocenters. The number of aryl methyl sites for hydroxylation is 3. The van der Waals surface area contributed by atoms with Gasteiger partial charge in [-0.25, -0.2) is 0 Å². The number of hydrogen-bond donors (Lipinski definition) is 0. The van der Waals surface area contributed by atoms with Gasteiger partial charge in [0, 0.05) is 6.54 Å². The van der Waals surface area contributed by atoms with Gasteiger partial charge < -0.3 is 9.30 Å². The van der Waals surface area contributed by atoms with Crippen molar-refractivity contribution in [3.63, 3.8) is 0 Å². The summed E-state index contributed by atoms with van der Waals surface area (Å²) < 4.78 is 7.76. The lowest BCUT2D eigenvalue weighted by atomic mass is 10.0. The fourth-order valence-electron chi connectivity index (χ4n) is 3.39. The Morgan fingerprint density at radius 2 is 2.00 bits per heavy atom. The van der Waals surface area contributed by atoms with Gasteiger partial charge in [-0.2, -0.15) is 0 Å². The first-order chi connectivity index (χ1) is 11.2. The predicted octanol–water partition coefficient (Wildman–Crippen LogP) is 3.84. The van der Waals surface area contributed by atoms with Gasteiger partial charge in [0.1, 0.15) is 12.4 Å². The van der Waals surface area contributed by atoms with Gasteiger partial charge in [-0.15, -0.1) is 0 Å². The number of benzene rings is 2. The molecule has 2 heterocycles. The van der Waals surface area contributed by atoms with Gasteiger partial charge >= 0.3 is 0 Å². The maximum Gasteiger partial charge on any atom is 0.257 e. The summed E-state index contributed by atoms with van der Waals surface area (Å²) in [5, 5.41) is 1.13. The molecule has 1 aromatic heterocycles. The second kappa shape index (κ2) is 5.58. The SMILES string of the molecule is Cc1cccc(OCc2cc3cccc4c3n(c2=O)CCC4)c1. The predicted molar refractivity (Wildman–Crippen MR) is 92.0 cm³/mol. The highest BCUT2D eigenvalue weighted by atomic mass is 16.5. The lowest BCUT2D eigenvalue weighted by molar-refractivity contribution is 0.303. The molecule has 2 aromatic carbocycles. The third-order valence-electron chi connectivity index (χ3n) is 4.48. The number of aromatic nitrogens is 1. The summed E-state index contributed by atoms with van der Waals surface area (Å²) in [6, 6.07) is 16.2. The summed E-state index contributed by atoms with van der Waals surface area (Å²) in [7, 11) is 0. The normalized spacial score (nSPS) is 13.3. The van der Waals surface area contributed by atoms with E-state index in [0.29, 0.717) is 6.61 Å². The molecule has 3 heteroatoms. The zero-order valence-corrected chi connectivity index (χ0v) is 13.2. The van der Waals surface area contributed by atoms with E-state index in [0.717, 1.165) is 47.2 Å². The van der Waals surface area contributed by atoms with E-state index in [9.17, 15) is 4.79 Å². The quantitative estimate of drug-likeness (QED) is 0.736. The molecule has 1 aliphatic heterocycles. The summed E-state index contributed by atoms with van der Waals surface area (Å²) in [5.41, 5.74) is 4.33. The zero-order chi connectivity index (χ0) is 15.8. The van der Waals surface area contributed by atoms with Gasteiger partial charge in [-0.1, -0.05) is 30.3 Å². The van der Waals surface area contributed by atoms with Gasteiger partial charge in [0.15, 0.2) is 0 Å². The van der Waals surface area contributed by atoms with Crippen molar-refractivity contribution in [2.75, 3.05) is 0 Å². The van der Waals surface area contributed by atoms with E-state index in [4.69, 9.17) is 4.74 Å². The molecule has 0 saturated heterocycles. The van der Waals surface area contributed by atoms with Crippen LogP contribution >= 0.6 is 0 Å². The summed E-state index contributed by atoms with van der Waals surface area (Å²) in [5.74, 6) is 0.803. The number of rotatable bonds is 3. The van der Waals surface area contributed by atoms with Gasteiger partial charge in [0.05, 0.1) is 11.1 Å². The Morgan fingerprint density at radius 3 is 2.87 bits per heavy atom. The van der Waals surface area contributed by atoms with Crippen LogP contribution in [0.4, 0.5) is 0 Å². The molecule has 0 spiro atoms. The van der Waals surface area contributed by atoms with Crippen LogP contribution in [0.5, 0.6) is 5.75 Å². The van der Waals surface area contributed by atoms with E-state index < -0.39 is 0 Å². The Morgan fingerprint density at radius 1 is 1.13 bits per heavy atom. The molecule has 4 rings (SSSR count). The lowest BCUT2D eigenvalue weighted by Gasteiger charge is -2.20. The van der Waals surface area contributed by atoms with Crippen molar-refractivity contribution in [2.45, 2.75) is 32.9 Å². The number of nitrogens with zero attached hydrogens (tertiary/aromatic N) is 1. The van der Waals surface area contributed by atoms with Crippen LogP contribution in [0.3, 0.4) is 0 Å². The molecule has 0 amide bonds. The average Bonchev–Trinajstić information content (AvgIpc) is 2.57. The summed E-state index contributed by atoms with van der Waals surface area (Å²) >= 11 is 0. The van der Waals surface area contributed by atoms with Crippen LogP contribution in [-0.2, 0) is 19.6 Å². The van der Waals surface area contributed by atoms with Gasteiger partial charge in [-0.3, -0.25) is 4.79 Å². The summed E-state index contributed by atoms with van der Waals surface area (Å²) in [6.07, 6.45) is 2.07. The van der Waals surface area contributed by atoms with Crippen LogP contribution in [0.25, 0.3) is 10.9 Å². The maximum absolute atomic E-state index is 12.8. The standard InChI is InChI=1S/C20H19NO2/c1-14-5-2-9-18(11-14)23-13-17-12-16-7-3-6-15-8-4-10-21(19(15)16)20(17)22/h2-3,5-7,9,11-12H,4,8,10,13H2,1H3. The summed E-state index contributed by atoms with van der Waals surface area (Å²) in [6.45, 7) is 3.14. The molecule has 116 valence electrons. The van der Waals surface area contributed by atoms with Crippen LogP contribution in [0, 0.1) is 6.92 Å². The van der Waals surface area contributed by atoms with Crippen LogP contribution in [0.1, 0.15) is 23.1 Å². The molecule has 23 heavy (non-hydrogen) atoms. The third-order valence-corrected chi connectivity index (χ3v) is 4.48. The third kappa shape index (κ3) is 2.52. The minimum Gasteiger partial charge on any atom is -0.489 e. The van der Waals surface area contributed by atoms with Gasteiger partial charge in [0.2, 0.25) is 0 Å². The van der Waals surface area contributed by atoms with E-state index in [2.05, 4.69) is 18.2 Å². The molecule has 0 radical (unpaired) electrons. The Bertz CT molecular complexity index is 940. The van der Waals surface area contributed by atoms with Crippen molar-refractivity contribution in [3.8, 4) is 5.75 Å². The molecule has 0 bridgehead atoms. The first-order valence-corrected chi connectivity index (χ1v) is 8.06. The van der Waals surface area contributed by atoms with E-state index in [1.165, 1.54) is 5.56 Å². The summed E-state index contributed by atoms with van der Waals surface area (Å²) in [4.78, 5) is 12.8. The first-order valence-electron chi connectivity index (χ1n) is 8.06. The van der Waals surface area contributed by atoms with E-state index in [1.807, 2.05) is 41.8 Å². The Hall–Kier alpha value is -2.55. The van der Waals surface area contributed by atoms with Crippen molar-refractivity contribution in [1.82, 2.24) is 4.57 Å². The largest absolute Gasteiger partial charge is 0.489 e. The number of para-hydroxylation sites is 1. The highest BCUT2D eigenvalue weighted by molar-refractivity contribution is 5.83. The van der Waals surface area contributed by atoms with Crippen molar-refractivity contribution in [3.05, 3.63) is 75.6 Å². The van der Waals surface area contributed by atoms with Crippen LogP contribution < -0.4 is 10.3 Å². The Labute approximate surface area is 135 Å². The van der Waals surface area contributed by atoms with Crippen LogP contribution in [0.2, 0.25) is 0 Å². The number of hydrogen-bond acceptors (Lipinski definition) is 2. The zero-order valence-electron chi connectivity index (χ0n) is 13.2. The first kappa shape index (κ1) is 14.1. The van der Waals surface area contributed by atoms with Crippen molar-refractivity contribution >= 4 is 10.9 Å². The minimum atomic E-state index is 0.0808. The monoisotopic (exact) mass is 305 g/mol.